The van der Waals surface area contributed by atoms with Crippen molar-refractivity contribution in [3.63, 3.8) is 0 Å². The van der Waals surface area contributed by atoms with Crippen LogP contribution in [0.3, 0.4) is 0 Å². The first-order chi connectivity index (χ1) is 13.9. The highest BCUT2D eigenvalue weighted by atomic mass is 35.5. The minimum Gasteiger partial charge on any atom is -0.356 e. The standard InChI is InChI=1S/C22H30Cl2N4O/c1-17(26(3)19-8-6-7-18(23)21(19)24)25-20(9-16-29)27-14-10-22(2,11-15-27)28-12-4-5-13-28/h6-9,16H,4-5,10-15H2,1-3H3/b20-9+,25-17-. The van der Waals surface area contributed by atoms with Gasteiger partial charge in [0, 0.05) is 31.8 Å². The Bertz CT molecular complexity index is 794. The Morgan fingerprint density at radius 3 is 2.45 bits per heavy atom. The largest absolute Gasteiger partial charge is 0.356 e. The Balaban J connectivity index is 1.74. The van der Waals surface area contributed by atoms with Crippen molar-refractivity contribution in [2.24, 2.45) is 4.99 Å². The number of hydrogen-bond acceptors (Lipinski definition) is 4. The third-order valence-electron chi connectivity index (χ3n) is 6.31. The third kappa shape index (κ3) is 4.96. The number of allylic oxidation sites excluding steroid dienone is 1. The predicted molar refractivity (Wildman–Crippen MR) is 122 cm³/mol. The minimum atomic E-state index is 0.253. The van der Waals surface area contributed by atoms with Gasteiger partial charge in [0.05, 0.1) is 15.7 Å². The molecule has 158 valence electrons. The van der Waals surface area contributed by atoms with Crippen LogP contribution in [0.2, 0.25) is 10.0 Å². The summed E-state index contributed by atoms with van der Waals surface area (Å²) in [4.78, 5) is 22.8. The van der Waals surface area contributed by atoms with Gasteiger partial charge in [-0.05, 0) is 64.8 Å². The quantitative estimate of drug-likeness (QED) is 0.286. The number of benzene rings is 1. The van der Waals surface area contributed by atoms with Gasteiger partial charge in [0.15, 0.2) is 0 Å². The Morgan fingerprint density at radius 1 is 1.17 bits per heavy atom. The van der Waals surface area contributed by atoms with Gasteiger partial charge in [-0.2, -0.15) is 0 Å². The SMILES string of the molecule is C/C(=N/C(=C\C=O)N1CCC(C)(N2CCCC2)CC1)N(C)c1cccc(Cl)c1Cl. The van der Waals surface area contributed by atoms with Crippen molar-refractivity contribution in [3.05, 3.63) is 40.1 Å². The van der Waals surface area contributed by atoms with Crippen LogP contribution in [-0.4, -0.2) is 60.7 Å². The second-order valence-corrected chi connectivity index (χ2v) is 8.92. The summed E-state index contributed by atoms with van der Waals surface area (Å²) in [6.07, 6.45) is 7.12. The first-order valence-corrected chi connectivity index (χ1v) is 11.0. The summed E-state index contributed by atoms with van der Waals surface area (Å²) in [5, 5.41) is 0.996. The first-order valence-electron chi connectivity index (χ1n) is 10.2. The lowest BCUT2D eigenvalue weighted by Gasteiger charge is -2.46. The summed E-state index contributed by atoms with van der Waals surface area (Å²) in [6, 6.07) is 5.52. The maximum atomic E-state index is 11.3. The average molecular weight is 437 g/mol. The molecule has 0 unspecified atom stereocenters. The zero-order valence-corrected chi connectivity index (χ0v) is 19.0. The van der Waals surface area contributed by atoms with Crippen molar-refractivity contribution in [1.82, 2.24) is 9.80 Å². The minimum absolute atomic E-state index is 0.253. The van der Waals surface area contributed by atoms with E-state index >= 15 is 0 Å². The number of piperidine rings is 1. The van der Waals surface area contributed by atoms with Crippen molar-refractivity contribution in [3.8, 4) is 0 Å². The zero-order valence-electron chi connectivity index (χ0n) is 17.5. The van der Waals surface area contributed by atoms with Crippen molar-refractivity contribution in [1.29, 1.82) is 0 Å². The third-order valence-corrected chi connectivity index (χ3v) is 7.11. The summed E-state index contributed by atoms with van der Waals surface area (Å²) in [5.41, 5.74) is 1.04. The Morgan fingerprint density at radius 2 is 1.83 bits per heavy atom. The summed E-state index contributed by atoms with van der Waals surface area (Å²) in [5.74, 6) is 1.45. The van der Waals surface area contributed by atoms with E-state index in [0.717, 1.165) is 43.7 Å². The van der Waals surface area contributed by atoms with Crippen LogP contribution in [-0.2, 0) is 4.79 Å². The Kier molecular flexibility index (Phi) is 7.25. The molecule has 0 amide bonds. The molecule has 0 saturated carbocycles. The van der Waals surface area contributed by atoms with Crippen LogP contribution in [0.25, 0.3) is 0 Å². The lowest BCUT2D eigenvalue weighted by atomic mass is 9.88. The van der Waals surface area contributed by atoms with Crippen LogP contribution in [0.15, 0.2) is 35.1 Å². The number of hydrogen-bond donors (Lipinski definition) is 0. The van der Waals surface area contributed by atoms with E-state index in [4.69, 9.17) is 28.2 Å². The van der Waals surface area contributed by atoms with Crippen LogP contribution in [0.1, 0.15) is 39.5 Å². The van der Waals surface area contributed by atoms with Crippen molar-refractivity contribution in [2.75, 3.05) is 38.1 Å². The molecule has 2 aliphatic heterocycles. The van der Waals surface area contributed by atoms with Crippen LogP contribution >= 0.6 is 23.2 Å². The van der Waals surface area contributed by atoms with Gasteiger partial charge in [0.25, 0.3) is 0 Å². The number of anilines is 1. The maximum Gasteiger partial charge on any atom is 0.146 e. The van der Waals surface area contributed by atoms with Gasteiger partial charge < -0.3 is 9.80 Å². The fraction of sp³-hybridized carbons (Fsp3) is 0.545. The monoisotopic (exact) mass is 436 g/mol. The number of carbonyl (C=O) groups excluding carboxylic acids is 1. The fourth-order valence-corrected chi connectivity index (χ4v) is 4.65. The Labute approximate surface area is 184 Å². The van der Waals surface area contributed by atoms with E-state index in [1.165, 1.54) is 25.9 Å². The van der Waals surface area contributed by atoms with E-state index in [1.54, 1.807) is 12.1 Å². The van der Waals surface area contributed by atoms with Crippen molar-refractivity contribution < 1.29 is 4.79 Å². The van der Waals surface area contributed by atoms with Gasteiger partial charge in [-0.3, -0.25) is 9.69 Å². The number of amidine groups is 1. The molecule has 2 heterocycles. The fourth-order valence-electron chi connectivity index (χ4n) is 4.23. The maximum absolute atomic E-state index is 11.3. The second-order valence-electron chi connectivity index (χ2n) is 8.13. The molecule has 1 aromatic rings. The molecule has 7 heteroatoms. The molecule has 0 bridgehead atoms. The normalized spacial score (nSPS) is 20.8. The molecule has 0 spiro atoms. The molecule has 2 saturated heterocycles. The Hall–Kier alpha value is -1.56. The molecular weight excluding hydrogens is 407 g/mol. The number of aldehydes is 1. The number of halogens is 2. The summed E-state index contributed by atoms with van der Waals surface area (Å²) in [6.45, 7) is 8.48. The van der Waals surface area contributed by atoms with Gasteiger partial charge in [-0.1, -0.05) is 29.3 Å². The molecule has 1 aromatic carbocycles. The number of nitrogens with zero attached hydrogens (tertiary/aromatic N) is 4. The molecule has 2 aliphatic rings. The highest BCUT2D eigenvalue weighted by Gasteiger charge is 2.37. The van der Waals surface area contributed by atoms with Crippen molar-refractivity contribution >= 4 is 41.0 Å². The highest BCUT2D eigenvalue weighted by Crippen LogP contribution is 2.34. The van der Waals surface area contributed by atoms with Gasteiger partial charge in [0.1, 0.15) is 17.9 Å². The molecule has 29 heavy (non-hydrogen) atoms. The zero-order chi connectivity index (χ0) is 21.0. The summed E-state index contributed by atoms with van der Waals surface area (Å²) in [7, 11) is 1.90. The van der Waals surface area contributed by atoms with E-state index in [0.29, 0.717) is 15.9 Å². The van der Waals surface area contributed by atoms with E-state index in [9.17, 15) is 4.79 Å². The summed E-state index contributed by atoms with van der Waals surface area (Å²) >= 11 is 12.5. The van der Waals surface area contributed by atoms with E-state index in [-0.39, 0.29) is 5.54 Å². The van der Waals surface area contributed by atoms with Crippen molar-refractivity contribution in [2.45, 2.75) is 45.1 Å². The number of carbonyl (C=O) groups is 1. The smallest absolute Gasteiger partial charge is 0.146 e. The van der Waals surface area contributed by atoms with E-state index in [2.05, 4.69) is 16.7 Å². The molecule has 5 nitrogen and oxygen atoms in total. The first kappa shape index (κ1) is 22.1. The molecule has 0 aliphatic carbocycles. The van der Waals surface area contributed by atoms with Crippen LogP contribution in [0.5, 0.6) is 0 Å². The average Bonchev–Trinajstić information content (AvgIpc) is 3.26. The molecule has 3 rings (SSSR count). The van der Waals surface area contributed by atoms with Crippen LogP contribution in [0.4, 0.5) is 5.69 Å². The van der Waals surface area contributed by atoms with E-state index < -0.39 is 0 Å². The van der Waals surface area contributed by atoms with Gasteiger partial charge in [0.2, 0.25) is 0 Å². The number of rotatable bonds is 5. The molecule has 0 radical (unpaired) electrons. The predicted octanol–water partition coefficient (Wildman–Crippen LogP) is 4.84. The molecule has 2 fully saturated rings. The van der Waals surface area contributed by atoms with Crippen LogP contribution < -0.4 is 4.90 Å². The van der Waals surface area contributed by atoms with Gasteiger partial charge >= 0.3 is 0 Å². The lowest BCUT2D eigenvalue weighted by molar-refractivity contribution is -0.104. The van der Waals surface area contributed by atoms with Gasteiger partial charge in [-0.25, -0.2) is 4.99 Å². The molecule has 0 aromatic heterocycles. The van der Waals surface area contributed by atoms with Gasteiger partial charge in [-0.15, -0.1) is 0 Å². The molecular formula is C22H30Cl2N4O. The van der Waals surface area contributed by atoms with Crippen LogP contribution in [0, 0.1) is 0 Å². The lowest BCUT2D eigenvalue weighted by Crippen LogP contribution is -2.52. The number of likely N-dealkylation sites (tertiary alicyclic amines) is 2. The topological polar surface area (TPSA) is 39.2 Å². The highest BCUT2D eigenvalue weighted by molar-refractivity contribution is 6.44. The molecule has 0 N–H and O–H groups in total. The second kappa shape index (κ2) is 9.50. The molecule has 0 atom stereocenters. The summed E-state index contributed by atoms with van der Waals surface area (Å²) < 4.78 is 0. The van der Waals surface area contributed by atoms with E-state index in [1.807, 2.05) is 31.0 Å². The number of aliphatic imine (C=N–C) groups is 1.